The van der Waals surface area contributed by atoms with E-state index in [-0.39, 0.29) is 85.7 Å². The second-order valence-corrected chi connectivity index (χ2v) is 16.7. The third kappa shape index (κ3) is 10.8. The summed E-state index contributed by atoms with van der Waals surface area (Å²) < 4.78 is 155. The molecule has 2 aliphatic rings. The summed E-state index contributed by atoms with van der Waals surface area (Å²) in [5.74, 6) is -0.656. The van der Waals surface area contributed by atoms with Gasteiger partial charge >= 0.3 is 41.9 Å². The number of aryl methyl sites for hydroxylation is 2. The van der Waals surface area contributed by atoms with E-state index in [9.17, 15) is 52.3 Å². The Morgan fingerprint density at radius 3 is 1.96 bits per heavy atom. The van der Waals surface area contributed by atoms with Gasteiger partial charge in [0.2, 0.25) is 0 Å². The zero-order chi connectivity index (χ0) is 40.0. The topological polar surface area (TPSA) is 130 Å². The van der Waals surface area contributed by atoms with E-state index < -0.39 is 65.3 Å². The largest absolute Gasteiger partial charge is 1.00 e. The number of halogens is 8. The molecule has 10 nitrogen and oxygen atoms in total. The number of aromatic nitrogens is 2. The molecule has 1 aliphatic heterocycles. The Labute approximate surface area is 346 Å². The molecule has 5 rings (SSSR count). The Kier molecular flexibility index (Phi) is 14.3. The number of hydrogen-bond donors (Lipinski definition) is 0. The molecule has 3 aromatic rings. The molecule has 1 aromatic heterocycles. The van der Waals surface area contributed by atoms with Crippen molar-refractivity contribution in [1.29, 1.82) is 0 Å². The van der Waals surface area contributed by atoms with Crippen molar-refractivity contribution in [3.63, 3.8) is 0 Å². The fraction of sp³-hybridized carbons (Fsp3) is 0.441. The zero-order valence-corrected chi connectivity index (χ0v) is 35.0. The minimum absolute atomic E-state index is 0. The van der Waals surface area contributed by atoms with Crippen LogP contribution in [0.4, 0.5) is 37.7 Å². The summed E-state index contributed by atoms with van der Waals surface area (Å²) in [6.07, 6.45) is -1.56. The predicted octanol–water partition coefficient (Wildman–Crippen LogP) is 4.71. The number of anilines is 2. The molecular formula is C34H35Cl2F6N4NaO6S2. The summed E-state index contributed by atoms with van der Waals surface area (Å²) >= 11 is 12.1. The van der Waals surface area contributed by atoms with Crippen LogP contribution in [0, 0.1) is 5.92 Å². The first-order valence-electron chi connectivity index (χ1n) is 16.8. The smallest absolute Gasteiger partial charge is 0.748 e. The Hall–Kier alpha value is -2.29. The van der Waals surface area contributed by atoms with E-state index in [4.69, 9.17) is 23.2 Å². The molecule has 1 aliphatic carbocycles. The molecular weight excluding hydrogens is 832 g/mol. The number of allylic oxidation sites excluding steroid dienone is 4. The maximum Gasteiger partial charge on any atom is 1.00 e. The van der Waals surface area contributed by atoms with Crippen LogP contribution in [0.2, 0.25) is 10.0 Å². The molecule has 2 heterocycles. The molecule has 0 atom stereocenters. The van der Waals surface area contributed by atoms with Crippen LogP contribution in [-0.2, 0) is 45.7 Å². The van der Waals surface area contributed by atoms with Gasteiger partial charge in [-0.25, -0.2) is 26.0 Å². The molecule has 1 saturated carbocycles. The summed E-state index contributed by atoms with van der Waals surface area (Å²) in [7, 11) is -9.24. The van der Waals surface area contributed by atoms with Crippen LogP contribution in [0.25, 0.3) is 17.1 Å². The molecule has 1 fully saturated rings. The zero-order valence-electron chi connectivity index (χ0n) is 29.8. The monoisotopic (exact) mass is 866 g/mol. The standard InChI is InChI=1S/C34H36Cl2F6N4O6S2.Na/c1-3-43-29-19-25(35)23(33(37,38)39)17-27(29)45(13-5-15-53(47,48)49)31(43)11-9-22(21-7-8-21)10-12-32-44(4-2)30-20-26(36)24(34(40,41)42)18-28(30)46(32)14-6-16-54(50,51)52;/h9-12,17-21H,3-8,13-16H2,1-2H3,(H-,47,48,49,50,51,52);/q;+1/p-1. The Balaban J connectivity index is 0.00000673. The van der Waals surface area contributed by atoms with Crippen molar-refractivity contribution in [3.8, 4) is 0 Å². The number of rotatable bonds is 14. The molecule has 0 N–H and O–H groups in total. The summed E-state index contributed by atoms with van der Waals surface area (Å²) in [4.78, 5) is 3.20. The van der Waals surface area contributed by atoms with Gasteiger partial charge in [-0.1, -0.05) is 35.4 Å². The summed E-state index contributed by atoms with van der Waals surface area (Å²) in [5, 5.41) is -1.06. The van der Waals surface area contributed by atoms with Crippen molar-refractivity contribution in [2.45, 2.75) is 65.0 Å². The van der Waals surface area contributed by atoms with Gasteiger partial charge in [0.05, 0.1) is 65.9 Å². The van der Waals surface area contributed by atoms with Crippen molar-refractivity contribution in [3.05, 3.63) is 80.9 Å². The molecule has 0 unspecified atom stereocenters. The summed E-state index contributed by atoms with van der Waals surface area (Å²) in [6.45, 7) is 3.84. The summed E-state index contributed by atoms with van der Waals surface area (Å²) in [5.41, 5.74) is -0.509. The quantitative estimate of drug-likeness (QED) is 0.0750. The number of hydrogen-bond acceptors (Lipinski definition) is 8. The van der Waals surface area contributed by atoms with E-state index >= 15 is 0 Å². The Bertz CT molecular complexity index is 2260. The minimum atomic E-state index is -4.79. The van der Waals surface area contributed by atoms with E-state index in [1.165, 1.54) is 21.6 Å². The first-order valence-corrected chi connectivity index (χ1v) is 20.7. The van der Waals surface area contributed by atoms with Gasteiger partial charge in [-0.2, -0.15) is 26.3 Å². The second kappa shape index (κ2) is 17.3. The van der Waals surface area contributed by atoms with Crippen LogP contribution < -0.4 is 43.9 Å². The Morgan fingerprint density at radius 2 is 1.42 bits per heavy atom. The molecule has 0 saturated heterocycles. The van der Waals surface area contributed by atoms with E-state index in [0.29, 0.717) is 22.8 Å². The van der Waals surface area contributed by atoms with Crippen LogP contribution in [0.1, 0.15) is 56.5 Å². The van der Waals surface area contributed by atoms with Gasteiger partial charge in [-0.15, -0.1) is 0 Å². The maximum atomic E-state index is 13.9. The van der Waals surface area contributed by atoms with E-state index in [2.05, 4.69) is 0 Å². The van der Waals surface area contributed by atoms with Crippen LogP contribution in [-0.4, -0.2) is 55.1 Å². The number of alkyl halides is 6. The molecule has 0 amide bonds. The van der Waals surface area contributed by atoms with Gasteiger partial charge in [0, 0.05) is 42.8 Å². The third-order valence-corrected chi connectivity index (χ3v) is 11.3. The number of imidazole rings is 1. The van der Waals surface area contributed by atoms with Gasteiger partial charge < -0.3 is 18.9 Å². The SMILES string of the molecule is CCN1\C(=C/C=C(/C=C/c2n(CC)c3cc(Cl)c(C(F)(F)F)cc3[n+]2CCCS(=O)(=O)[O-])C2CC2)N(CCCS(=O)(=O)[O-])c2cc(C(F)(F)F)c(Cl)cc21.[Na+]. The fourth-order valence-corrected chi connectivity index (χ4v) is 8.06. The normalized spacial score (nSPS) is 16.5. The van der Waals surface area contributed by atoms with Crippen LogP contribution >= 0.6 is 23.2 Å². The van der Waals surface area contributed by atoms with Crippen molar-refractivity contribution in [2.75, 3.05) is 34.4 Å². The van der Waals surface area contributed by atoms with E-state index in [1.54, 1.807) is 47.6 Å². The molecule has 2 aromatic carbocycles. The molecule has 0 radical (unpaired) electrons. The Morgan fingerprint density at radius 1 is 0.855 bits per heavy atom. The number of fused-ring (bicyclic) bond motifs is 2. The van der Waals surface area contributed by atoms with Crippen LogP contribution in [0.15, 0.2) is 53.9 Å². The number of nitrogens with zero attached hydrogens (tertiary/aromatic N) is 4. The third-order valence-electron chi connectivity index (χ3n) is 9.09. The summed E-state index contributed by atoms with van der Waals surface area (Å²) in [6, 6.07) is 4.14. The molecule has 55 heavy (non-hydrogen) atoms. The number of benzene rings is 2. The minimum Gasteiger partial charge on any atom is -0.748 e. The first kappa shape index (κ1) is 45.4. The van der Waals surface area contributed by atoms with Crippen LogP contribution in [0.5, 0.6) is 0 Å². The van der Waals surface area contributed by atoms with Crippen LogP contribution in [0.3, 0.4) is 0 Å². The van der Waals surface area contributed by atoms with Crippen molar-refractivity contribution < 1.29 is 86.4 Å². The van der Waals surface area contributed by atoms with Crippen molar-refractivity contribution in [2.24, 2.45) is 5.92 Å². The van der Waals surface area contributed by atoms with Crippen molar-refractivity contribution in [1.82, 2.24) is 4.57 Å². The average Bonchev–Trinajstić information content (AvgIpc) is 3.78. The van der Waals surface area contributed by atoms with Gasteiger partial charge in [0.15, 0.2) is 11.0 Å². The molecule has 21 heteroatoms. The maximum absolute atomic E-state index is 13.9. The second-order valence-electron chi connectivity index (χ2n) is 12.8. The first-order chi connectivity index (χ1) is 25.0. The van der Waals surface area contributed by atoms with Gasteiger partial charge in [0.1, 0.15) is 5.82 Å². The van der Waals surface area contributed by atoms with E-state index in [1.807, 2.05) is 0 Å². The fourth-order valence-electron chi connectivity index (χ4n) is 6.57. The molecule has 296 valence electrons. The molecule has 0 bridgehead atoms. The molecule has 0 spiro atoms. The average molecular weight is 868 g/mol. The predicted molar refractivity (Wildman–Crippen MR) is 191 cm³/mol. The van der Waals surface area contributed by atoms with E-state index in [0.717, 1.165) is 30.5 Å². The van der Waals surface area contributed by atoms with Gasteiger partial charge in [0.25, 0.3) is 5.82 Å². The van der Waals surface area contributed by atoms with Gasteiger partial charge in [-0.3, -0.25) is 0 Å². The van der Waals surface area contributed by atoms with Gasteiger partial charge in [-0.05, 0) is 69.2 Å². The van der Waals surface area contributed by atoms with Crippen molar-refractivity contribution >= 4 is 71.9 Å².